The molecule has 2 atom stereocenters. The van der Waals surface area contributed by atoms with Crippen LogP contribution in [0.2, 0.25) is 0 Å². The molecule has 5 nitrogen and oxygen atoms in total. The molecule has 2 unspecified atom stereocenters. The molecule has 0 aromatic carbocycles. The molecule has 0 spiro atoms. The van der Waals surface area contributed by atoms with Gasteiger partial charge in [0, 0.05) is 26.2 Å². The first-order chi connectivity index (χ1) is 9.02. The van der Waals surface area contributed by atoms with Crippen LogP contribution in [0.25, 0.3) is 0 Å². The topological polar surface area (TPSA) is 61.1 Å². The summed E-state index contributed by atoms with van der Waals surface area (Å²) in [5.74, 6) is 0.909. The van der Waals surface area contributed by atoms with E-state index in [0.29, 0.717) is 11.8 Å². The lowest BCUT2D eigenvalue weighted by Crippen LogP contribution is -2.40. The molecule has 0 saturated heterocycles. The maximum Gasteiger partial charge on any atom is 0.330 e. The van der Waals surface area contributed by atoms with Crippen LogP contribution in [0.5, 0.6) is 0 Å². The van der Waals surface area contributed by atoms with Crippen molar-refractivity contribution >= 4 is 5.78 Å². The third-order valence-corrected chi connectivity index (χ3v) is 4.67. The average molecular weight is 262 g/mol. The van der Waals surface area contributed by atoms with E-state index in [-0.39, 0.29) is 17.3 Å². The SMILES string of the molecule is Cn1cc(C(=O)C2C3CCCCC32)c(=O)n(C)c1=O. The second-order valence-corrected chi connectivity index (χ2v) is 5.80. The van der Waals surface area contributed by atoms with Crippen LogP contribution >= 0.6 is 0 Å². The van der Waals surface area contributed by atoms with Crippen LogP contribution in [0.1, 0.15) is 36.0 Å². The van der Waals surface area contributed by atoms with Crippen molar-refractivity contribution in [2.24, 2.45) is 31.8 Å². The van der Waals surface area contributed by atoms with Crippen LogP contribution in [0.15, 0.2) is 15.8 Å². The van der Waals surface area contributed by atoms with Gasteiger partial charge in [-0.2, -0.15) is 0 Å². The van der Waals surface area contributed by atoms with Gasteiger partial charge in [0.25, 0.3) is 5.56 Å². The van der Waals surface area contributed by atoms with Gasteiger partial charge in [-0.15, -0.1) is 0 Å². The summed E-state index contributed by atoms with van der Waals surface area (Å²) in [6.45, 7) is 0. The van der Waals surface area contributed by atoms with Crippen molar-refractivity contribution in [1.29, 1.82) is 0 Å². The normalized spacial score (nSPS) is 28.8. The third-order valence-electron chi connectivity index (χ3n) is 4.67. The number of Topliss-reactive ketones (excluding diaryl/α,β-unsaturated/α-hetero) is 1. The van der Waals surface area contributed by atoms with Crippen molar-refractivity contribution in [3.63, 3.8) is 0 Å². The van der Waals surface area contributed by atoms with E-state index in [0.717, 1.165) is 17.4 Å². The van der Waals surface area contributed by atoms with Crippen LogP contribution in [0, 0.1) is 17.8 Å². The van der Waals surface area contributed by atoms with Crippen LogP contribution in [-0.4, -0.2) is 14.9 Å². The Hall–Kier alpha value is -1.65. The van der Waals surface area contributed by atoms with Gasteiger partial charge >= 0.3 is 5.69 Å². The van der Waals surface area contributed by atoms with Crippen LogP contribution in [0.3, 0.4) is 0 Å². The zero-order chi connectivity index (χ0) is 13.7. The van der Waals surface area contributed by atoms with Gasteiger partial charge in [-0.05, 0) is 24.7 Å². The van der Waals surface area contributed by atoms with Gasteiger partial charge < -0.3 is 4.57 Å². The standard InChI is InChI=1S/C14H18N2O3/c1-15-7-10(13(18)16(2)14(15)19)12(17)11-8-5-3-4-6-9(8)11/h7-9,11H,3-6H2,1-2H3. The zero-order valence-electron chi connectivity index (χ0n) is 11.3. The zero-order valence-corrected chi connectivity index (χ0v) is 11.3. The molecule has 0 amide bonds. The van der Waals surface area contributed by atoms with Gasteiger partial charge in [0.1, 0.15) is 0 Å². The molecule has 2 aliphatic carbocycles. The fourth-order valence-corrected chi connectivity index (χ4v) is 3.54. The van der Waals surface area contributed by atoms with E-state index >= 15 is 0 Å². The highest BCUT2D eigenvalue weighted by molar-refractivity contribution is 5.99. The monoisotopic (exact) mass is 262 g/mol. The summed E-state index contributed by atoms with van der Waals surface area (Å²) in [4.78, 5) is 36.1. The molecule has 2 aliphatic rings. The number of rotatable bonds is 2. The largest absolute Gasteiger partial charge is 0.330 e. The summed E-state index contributed by atoms with van der Waals surface area (Å²) in [5, 5.41) is 0. The minimum atomic E-state index is -0.461. The van der Waals surface area contributed by atoms with Gasteiger partial charge in [0.05, 0.1) is 5.56 Å². The molecule has 2 fully saturated rings. The van der Waals surface area contributed by atoms with Crippen molar-refractivity contribution in [2.45, 2.75) is 25.7 Å². The van der Waals surface area contributed by atoms with Crippen LogP contribution in [0.4, 0.5) is 0 Å². The summed E-state index contributed by atoms with van der Waals surface area (Å²) in [7, 11) is 2.99. The van der Waals surface area contributed by atoms with Crippen molar-refractivity contribution in [1.82, 2.24) is 9.13 Å². The number of aryl methyl sites for hydroxylation is 1. The predicted octanol–water partition coefficient (Wildman–Crippen LogP) is 0.703. The summed E-state index contributed by atoms with van der Waals surface area (Å²) < 4.78 is 2.32. The average Bonchev–Trinajstić information content (AvgIpc) is 3.14. The number of aromatic nitrogens is 2. The van der Waals surface area contributed by atoms with Gasteiger partial charge in [0.2, 0.25) is 0 Å². The van der Waals surface area contributed by atoms with Crippen molar-refractivity contribution in [3.05, 3.63) is 32.6 Å². The Kier molecular flexibility index (Phi) is 2.73. The third kappa shape index (κ3) is 1.79. The summed E-state index contributed by atoms with van der Waals surface area (Å²) in [6, 6.07) is 0. The molecule has 1 aromatic heterocycles. The van der Waals surface area contributed by atoms with E-state index in [1.165, 1.54) is 30.7 Å². The minimum absolute atomic E-state index is 0.0210. The predicted molar refractivity (Wildman–Crippen MR) is 70.2 cm³/mol. The Labute approximate surface area is 110 Å². The van der Waals surface area contributed by atoms with Crippen molar-refractivity contribution < 1.29 is 4.79 Å². The number of ketones is 1. The molecular formula is C14H18N2O3. The highest BCUT2D eigenvalue weighted by Crippen LogP contribution is 2.56. The van der Waals surface area contributed by atoms with E-state index < -0.39 is 11.2 Å². The fourth-order valence-electron chi connectivity index (χ4n) is 3.54. The van der Waals surface area contributed by atoms with Gasteiger partial charge in [-0.3, -0.25) is 14.2 Å². The lowest BCUT2D eigenvalue weighted by molar-refractivity contribution is 0.0953. The first-order valence-corrected chi connectivity index (χ1v) is 6.83. The maximum absolute atomic E-state index is 12.5. The maximum atomic E-state index is 12.5. The van der Waals surface area contributed by atoms with E-state index in [1.54, 1.807) is 7.05 Å². The number of nitrogens with zero attached hydrogens (tertiary/aromatic N) is 2. The molecule has 0 aliphatic heterocycles. The molecule has 0 N–H and O–H groups in total. The fraction of sp³-hybridized carbons (Fsp3) is 0.643. The van der Waals surface area contributed by atoms with E-state index in [4.69, 9.17) is 0 Å². The molecule has 3 rings (SSSR count). The van der Waals surface area contributed by atoms with Gasteiger partial charge in [0.15, 0.2) is 5.78 Å². The number of carbonyl (C=O) groups excluding carboxylic acids is 1. The molecule has 0 radical (unpaired) electrons. The number of hydrogen-bond donors (Lipinski definition) is 0. The van der Waals surface area contributed by atoms with E-state index in [9.17, 15) is 14.4 Å². The highest BCUT2D eigenvalue weighted by atomic mass is 16.2. The second kappa shape index (κ2) is 4.18. The lowest BCUT2D eigenvalue weighted by atomic mass is 10.0. The number of fused-ring (bicyclic) bond motifs is 1. The summed E-state index contributed by atoms with van der Waals surface area (Å²) >= 11 is 0. The van der Waals surface area contributed by atoms with Crippen molar-refractivity contribution in [3.8, 4) is 0 Å². The van der Waals surface area contributed by atoms with Gasteiger partial charge in [-0.1, -0.05) is 12.8 Å². The Bertz CT molecular complexity index is 644. The van der Waals surface area contributed by atoms with E-state index in [2.05, 4.69) is 0 Å². The highest BCUT2D eigenvalue weighted by Gasteiger charge is 2.55. The van der Waals surface area contributed by atoms with Crippen molar-refractivity contribution in [2.75, 3.05) is 0 Å². The second-order valence-electron chi connectivity index (χ2n) is 5.80. The number of hydrogen-bond acceptors (Lipinski definition) is 3. The van der Waals surface area contributed by atoms with Crippen LogP contribution < -0.4 is 11.2 Å². The Morgan fingerprint density at radius 1 is 1.16 bits per heavy atom. The van der Waals surface area contributed by atoms with Gasteiger partial charge in [-0.25, -0.2) is 4.79 Å². The Morgan fingerprint density at radius 3 is 2.32 bits per heavy atom. The number of carbonyl (C=O) groups is 1. The molecular weight excluding hydrogens is 244 g/mol. The molecule has 2 saturated carbocycles. The summed E-state index contributed by atoms with van der Waals surface area (Å²) in [5.41, 5.74) is -0.685. The quantitative estimate of drug-likeness (QED) is 0.737. The van der Waals surface area contributed by atoms with Crippen LogP contribution in [-0.2, 0) is 14.1 Å². The molecule has 102 valence electrons. The molecule has 19 heavy (non-hydrogen) atoms. The smallest absolute Gasteiger partial charge is 0.303 e. The molecule has 1 heterocycles. The summed E-state index contributed by atoms with van der Waals surface area (Å²) in [6.07, 6.45) is 5.99. The first kappa shape index (κ1) is 12.4. The Morgan fingerprint density at radius 2 is 1.74 bits per heavy atom. The lowest BCUT2D eigenvalue weighted by Gasteiger charge is -2.05. The molecule has 0 bridgehead atoms. The molecule has 1 aromatic rings. The minimum Gasteiger partial charge on any atom is -0.303 e. The Balaban J connectivity index is 1.98. The van der Waals surface area contributed by atoms with E-state index in [1.807, 2.05) is 0 Å². The molecule has 5 heteroatoms. The first-order valence-electron chi connectivity index (χ1n) is 6.83.